The summed E-state index contributed by atoms with van der Waals surface area (Å²) < 4.78 is 0.593. The van der Waals surface area contributed by atoms with E-state index in [4.69, 9.17) is 0 Å². The minimum Gasteiger partial charge on any atom is -0.480 e. The molecule has 2 aromatic carbocycles. The van der Waals surface area contributed by atoms with Gasteiger partial charge in [0.05, 0.1) is 15.8 Å². The number of anilines is 1. The van der Waals surface area contributed by atoms with Gasteiger partial charge in [-0.2, -0.15) is 0 Å². The molecular formula is C20H16N2O4S. The number of hydrogen-bond acceptors (Lipinski definition) is 6. The van der Waals surface area contributed by atoms with Crippen LogP contribution in [0.3, 0.4) is 0 Å². The monoisotopic (exact) mass is 380 g/mol. The van der Waals surface area contributed by atoms with Crippen molar-refractivity contribution in [3.05, 3.63) is 47.5 Å². The molecule has 0 saturated heterocycles. The second-order valence-corrected chi connectivity index (χ2v) is 7.76. The van der Waals surface area contributed by atoms with Gasteiger partial charge in [-0.1, -0.05) is 55.5 Å². The number of fused-ring (bicyclic) bond motifs is 5. The SMILES string of the molecule is CC(C)C(Nc1nc2ccc3c(c2s1)C(=O)C(=O)c1ccccc1-3)C(=O)O. The average molecular weight is 380 g/mol. The molecule has 0 aliphatic heterocycles. The summed E-state index contributed by atoms with van der Waals surface area (Å²) in [6.07, 6.45) is 0. The van der Waals surface area contributed by atoms with Crippen LogP contribution in [-0.4, -0.2) is 33.7 Å². The van der Waals surface area contributed by atoms with E-state index in [1.54, 1.807) is 38.1 Å². The summed E-state index contributed by atoms with van der Waals surface area (Å²) in [7, 11) is 0. The maximum absolute atomic E-state index is 12.8. The Bertz CT molecular complexity index is 1120. The first kappa shape index (κ1) is 17.4. The zero-order valence-corrected chi connectivity index (χ0v) is 15.5. The highest BCUT2D eigenvalue weighted by Crippen LogP contribution is 2.40. The van der Waals surface area contributed by atoms with Crippen molar-refractivity contribution in [1.29, 1.82) is 0 Å². The molecule has 7 heteroatoms. The summed E-state index contributed by atoms with van der Waals surface area (Å²) in [4.78, 5) is 41.1. The van der Waals surface area contributed by atoms with Crippen LogP contribution in [0.4, 0.5) is 5.13 Å². The fourth-order valence-corrected chi connectivity index (χ4v) is 4.35. The number of nitrogens with one attached hydrogen (secondary N) is 1. The number of benzene rings is 2. The second kappa shape index (κ2) is 6.28. The Hall–Kier alpha value is -3.06. The Labute approximate surface area is 158 Å². The van der Waals surface area contributed by atoms with Crippen LogP contribution in [0.1, 0.15) is 34.6 Å². The second-order valence-electron chi connectivity index (χ2n) is 6.76. The summed E-state index contributed by atoms with van der Waals surface area (Å²) in [5.41, 5.74) is 2.75. The molecule has 0 fully saturated rings. The van der Waals surface area contributed by atoms with Gasteiger partial charge in [-0.15, -0.1) is 0 Å². The highest BCUT2D eigenvalue weighted by atomic mass is 32.1. The lowest BCUT2D eigenvalue weighted by Gasteiger charge is -2.17. The molecule has 1 unspecified atom stereocenters. The minimum atomic E-state index is -0.966. The van der Waals surface area contributed by atoms with Gasteiger partial charge < -0.3 is 10.4 Å². The topological polar surface area (TPSA) is 96.4 Å². The molecule has 0 saturated carbocycles. The first-order valence-electron chi connectivity index (χ1n) is 8.49. The Kier molecular flexibility index (Phi) is 4.04. The van der Waals surface area contributed by atoms with Gasteiger partial charge in [0, 0.05) is 5.56 Å². The molecule has 1 heterocycles. The van der Waals surface area contributed by atoms with Crippen LogP contribution in [0.15, 0.2) is 36.4 Å². The standard InChI is InChI=1S/C20H16N2O4S/c1-9(2)15(19(25)26)22-20-21-13-8-7-11-10-5-3-4-6-12(10)16(23)17(24)14(11)18(13)27-20/h3-9,15H,1-2H3,(H,21,22)(H,25,26). The molecule has 0 bridgehead atoms. The van der Waals surface area contributed by atoms with Gasteiger partial charge >= 0.3 is 5.97 Å². The largest absolute Gasteiger partial charge is 0.480 e. The molecule has 27 heavy (non-hydrogen) atoms. The fraction of sp³-hybridized carbons (Fsp3) is 0.200. The van der Waals surface area contributed by atoms with Gasteiger partial charge in [0.2, 0.25) is 11.6 Å². The molecule has 0 amide bonds. The lowest BCUT2D eigenvalue weighted by Crippen LogP contribution is -2.34. The van der Waals surface area contributed by atoms with E-state index in [0.717, 1.165) is 5.56 Å². The lowest BCUT2D eigenvalue weighted by atomic mass is 9.84. The molecular weight excluding hydrogens is 364 g/mol. The fourth-order valence-electron chi connectivity index (χ4n) is 3.30. The number of carboxylic acids is 1. The highest BCUT2D eigenvalue weighted by molar-refractivity contribution is 7.22. The van der Waals surface area contributed by atoms with Gasteiger partial charge in [-0.05, 0) is 23.1 Å². The summed E-state index contributed by atoms with van der Waals surface area (Å²) in [6, 6.07) is 9.84. The van der Waals surface area contributed by atoms with Gasteiger partial charge in [0.15, 0.2) is 5.13 Å². The maximum Gasteiger partial charge on any atom is 0.326 e. The molecule has 1 aliphatic rings. The van der Waals surface area contributed by atoms with Gasteiger partial charge in [-0.25, -0.2) is 9.78 Å². The van der Waals surface area contributed by atoms with Gasteiger partial charge in [-0.3, -0.25) is 9.59 Å². The number of Topliss-reactive ketones (excluding diaryl/α,β-unsaturated/α-hetero) is 2. The average Bonchev–Trinajstić information content (AvgIpc) is 3.06. The Morgan fingerprint density at radius 2 is 1.74 bits per heavy atom. The number of aliphatic carboxylic acids is 1. The molecule has 1 aliphatic carbocycles. The number of carbonyl (C=O) groups excluding carboxylic acids is 2. The van der Waals surface area contributed by atoms with E-state index in [-0.39, 0.29) is 5.92 Å². The quantitative estimate of drug-likeness (QED) is 0.667. The third-order valence-corrected chi connectivity index (χ3v) is 5.68. The van der Waals surface area contributed by atoms with E-state index in [1.165, 1.54) is 11.3 Å². The lowest BCUT2D eigenvalue weighted by molar-refractivity contribution is -0.138. The van der Waals surface area contributed by atoms with E-state index in [1.807, 2.05) is 12.1 Å². The molecule has 1 aromatic heterocycles. The number of ketones is 2. The van der Waals surface area contributed by atoms with Crippen molar-refractivity contribution >= 4 is 44.2 Å². The van der Waals surface area contributed by atoms with E-state index in [9.17, 15) is 19.5 Å². The molecule has 0 spiro atoms. The van der Waals surface area contributed by atoms with E-state index >= 15 is 0 Å². The number of carboxylic acid groups (broad SMARTS) is 1. The van der Waals surface area contributed by atoms with Crippen LogP contribution < -0.4 is 5.32 Å². The van der Waals surface area contributed by atoms with Crippen molar-refractivity contribution in [2.45, 2.75) is 19.9 Å². The van der Waals surface area contributed by atoms with Crippen molar-refractivity contribution < 1.29 is 19.5 Å². The van der Waals surface area contributed by atoms with Crippen LogP contribution in [0.25, 0.3) is 21.3 Å². The van der Waals surface area contributed by atoms with Crippen LogP contribution in [-0.2, 0) is 4.79 Å². The first-order chi connectivity index (χ1) is 12.9. The van der Waals surface area contributed by atoms with Crippen molar-refractivity contribution in [3.63, 3.8) is 0 Å². The maximum atomic E-state index is 12.8. The molecule has 6 nitrogen and oxygen atoms in total. The van der Waals surface area contributed by atoms with Crippen LogP contribution in [0, 0.1) is 5.92 Å². The summed E-state index contributed by atoms with van der Waals surface area (Å²) in [5, 5.41) is 12.7. The Balaban J connectivity index is 1.87. The minimum absolute atomic E-state index is 0.140. The molecule has 4 rings (SSSR count). The molecule has 136 valence electrons. The molecule has 1 atom stereocenters. The zero-order chi connectivity index (χ0) is 19.3. The smallest absolute Gasteiger partial charge is 0.326 e. The number of thiazole rings is 1. The predicted molar refractivity (Wildman–Crippen MR) is 104 cm³/mol. The Morgan fingerprint density at radius 1 is 1.04 bits per heavy atom. The van der Waals surface area contributed by atoms with E-state index < -0.39 is 23.6 Å². The third kappa shape index (κ3) is 2.71. The van der Waals surface area contributed by atoms with Crippen molar-refractivity contribution in [2.75, 3.05) is 5.32 Å². The molecule has 0 radical (unpaired) electrons. The van der Waals surface area contributed by atoms with Crippen molar-refractivity contribution in [3.8, 4) is 11.1 Å². The number of carbonyl (C=O) groups is 3. The van der Waals surface area contributed by atoms with Crippen LogP contribution in [0.2, 0.25) is 0 Å². The highest BCUT2D eigenvalue weighted by Gasteiger charge is 2.33. The van der Waals surface area contributed by atoms with Crippen molar-refractivity contribution in [1.82, 2.24) is 4.98 Å². The van der Waals surface area contributed by atoms with Gasteiger partial charge in [0.25, 0.3) is 0 Å². The van der Waals surface area contributed by atoms with E-state index in [0.29, 0.717) is 32.0 Å². The molecule has 3 aromatic rings. The number of aromatic nitrogens is 1. The third-order valence-electron chi connectivity index (χ3n) is 4.66. The number of nitrogens with zero attached hydrogens (tertiary/aromatic N) is 1. The first-order valence-corrected chi connectivity index (χ1v) is 9.31. The van der Waals surface area contributed by atoms with Crippen molar-refractivity contribution in [2.24, 2.45) is 5.92 Å². The number of hydrogen-bond donors (Lipinski definition) is 2. The van der Waals surface area contributed by atoms with E-state index in [2.05, 4.69) is 10.3 Å². The summed E-state index contributed by atoms with van der Waals surface area (Å²) >= 11 is 1.20. The number of rotatable bonds is 4. The Morgan fingerprint density at radius 3 is 2.41 bits per heavy atom. The summed E-state index contributed by atoms with van der Waals surface area (Å²) in [6.45, 7) is 3.61. The summed E-state index contributed by atoms with van der Waals surface area (Å²) in [5.74, 6) is -2.19. The molecule has 2 N–H and O–H groups in total. The zero-order valence-electron chi connectivity index (χ0n) is 14.6. The normalized spacial score (nSPS) is 14.2. The predicted octanol–water partition coefficient (Wildman–Crippen LogP) is 3.86. The van der Waals surface area contributed by atoms with Crippen LogP contribution in [0.5, 0.6) is 0 Å². The van der Waals surface area contributed by atoms with Crippen LogP contribution >= 0.6 is 11.3 Å². The van der Waals surface area contributed by atoms with Gasteiger partial charge in [0.1, 0.15) is 6.04 Å².